The Hall–Kier alpha value is -3.30. The Labute approximate surface area is 185 Å². The summed E-state index contributed by atoms with van der Waals surface area (Å²) in [6, 6.07) is 7.18. The van der Waals surface area contributed by atoms with Crippen molar-refractivity contribution in [2.75, 3.05) is 0 Å². The fourth-order valence-electron chi connectivity index (χ4n) is 3.41. The van der Waals surface area contributed by atoms with Crippen LogP contribution in [0.5, 0.6) is 0 Å². The van der Waals surface area contributed by atoms with Crippen LogP contribution >= 0.6 is 22.9 Å². The van der Waals surface area contributed by atoms with Gasteiger partial charge in [0.25, 0.3) is 11.4 Å². The molecule has 10 heteroatoms. The molecule has 0 radical (unpaired) electrons. The maximum absolute atomic E-state index is 13.2. The molecule has 5 aromatic rings. The Morgan fingerprint density at radius 3 is 2.58 bits per heavy atom. The third-order valence-electron chi connectivity index (χ3n) is 5.15. The lowest BCUT2D eigenvalue weighted by molar-refractivity contribution is 0.392. The minimum Gasteiger partial charge on any atom is -0.361 e. The monoisotopic (exact) mass is 453 g/mol. The van der Waals surface area contributed by atoms with Crippen molar-refractivity contribution in [1.82, 2.24) is 24.8 Å². The molecule has 4 aromatic heterocycles. The number of aryl methyl sites for hydroxylation is 3. The van der Waals surface area contributed by atoms with Gasteiger partial charge in [-0.1, -0.05) is 21.9 Å². The van der Waals surface area contributed by atoms with Crippen molar-refractivity contribution < 1.29 is 9.05 Å². The smallest absolute Gasteiger partial charge is 0.268 e. The lowest BCUT2D eigenvalue weighted by Gasteiger charge is -2.05. The summed E-state index contributed by atoms with van der Waals surface area (Å²) in [6.45, 7) is 5.89. The SMILES string of the molecule is Cc1noc(C)c1Cn1cnc2sc(-c3nc(-c4ccc(Cl)cc4)no3)c(C)c2c1=O. The highest BCUT2D eigenvalue weighted by Crippen LogP contribution is 2.35. The lowest BCUT2D eigenvalue weighted by Crippen LogP contribution is -2.21. The Balaban J connectivity index is 1.56. The van der Waals surface area contributed by atoms with Crippen LogP contribution in [0.25, 0.3) is 32.4 Å². The number of hydrogen-bond acceptors (Lipinski definition) is 8. The van der Waals surface area contributed by atoms with Crippen LogP contribution in [0.2, 0.25) is 5.02 Å². The Kier molecular flexibility index (Phi) is 4.71. The second-order valence-electron chi connectivity index (χ2n) is 7.15. The molecule has 0 spiro atoms. The number of hydrogen-bond donors (Lipinski definition) is 0. The first-order chi connectivity index (χ1) is 14.9. The average molecular weight is 454 g/mol. The molecule has 0 bridgehead atoms. The van der Waals surface area contributed by atoms with Gasteiger partial charge >= 0.3 is 0 Å². The Morgan fingerprint density at radius 1 is 1.10 bits per heavy atom. The minimum absolute atomic E-state index is 0.137. The molecule has 0 N–H and O–H groups in total. The van der Waals surface area contributed by atoms with E-state index in [1.54, 1.807) is 23.0 Å². The number of halogens is 1. The first-order valence-electron chi connectivity index (χ1n) is 9.42. The van der Waals surface area contributed by atoms with E-state index in [1.807, 2.05) is 32.9 Å². The van der Waals surface area contributed by atoms with Gasteiger partial charge in [0.15, 0.2) is 0 Å². The third kappa shape index (κ3) is 3.35. The second-order valence-corrected chi connectivity index (χ2v) is 8.58. The van der Waals surface area contributed by atoms with Crippen LogP contribution in [0.3, 0.4) is 0 Å². The van der Waals surface area contributed by atoms with Crippen molar-refractivity contribution in [2.24, 2.45) is 0 Å². The van der Waals surface area contributed by atoms with Crippen LogP contribution in [0.1, 0.15) is 22.6 Å². The van der Waals surface area contributed by atoms with E-state index in [0.29, 0.717) is 39.3 Å². The van der Waals surface area contributed by atoms with E-state index in [9.17, 15) is 4.79 Å². The molecule has 0 unspecified atom stereocenters. The van der Waals surface area contributed by atoms with Crippen molar-refractivity contribution in [3.05, 3.63) is 68.6 Å². The summed E-state index contributed by atoms with van der Waals surface area (Å²) in [4.78, 5) is 23.5. The Morgan fingerprint density at radius 2 is 1.87 bits per heavy atom. The Bertz CT molecular complexity index is 1460. The van der Waals surface area contributed by atoms with Gasteiger partial charge in [0, 0.05) is 16.1 Å². The summed E-state index contributed by atoms with van der Waals surface area (Å²) in [5.74, 6) is 1.49. The summed E-state index contributed by atoms with van der Waals surface area (Å²) in [7, 11) is 0. The zero-order valence-electron chi connectivity index (χ0n) is 16.8. The van der Waals surface area contributed by atoms with Crippen molar-refractivity contribution >= 4 is 33.2 Å². The predicted octanol–water partition coefficient (Wildman–Crippen LogP) is 4.79. The van der Waals surface area contributed by atoms with E-state index in [0.717, 1.165) is 27.3 Å². The first kappa shape index (κ1) is 19.7. The molecular formula is C21H16ClN5O3S. The van der Waals surface area contributed by atoms with Gasteiger partial charge in [-0.2, -0.15) is 4.98 Å². The molecule has 8 nitrogen and oxygen atoms in total. The number of thiophene rings is 1. The van der Waals surface area contributed by atoms with Gasteiger partial charge < -0.3 is 9.05 Å². The van der Waals surface area contributed by atoms with Gasteiger partial charge in [0.05, 0.1) is 28.8 Å². The normalized spacial score (nSPS) is 11.5. The van der Waals surface area contributed by atoms with E-state index in [1.165, 1.54) is 11.3 Å². The molecule has 4 heterocycles. The van der Waals surface area contributed by atoms with Crippen LogP contribution < -0.4 is 5.56 Å². The van der Waals surface area contributed by atoms with E-state index in [4.69, 9.17) is 20.6 Å². The molecule has 0 saturated carbocycles. The molecule has 0 amide bonds. The number of nitrogens with zero attached hydrogens (tertiary/aromatic N) is 5. The highest BCUT2D eigenvalue weighted by molar-refractivity contribution is 7.22. The third-order valence-corrected chi connectivity index (χ3v) is 6.59. The predicted molar refractivity (Wildman–Crippen MR) is 117 cm³/mol. The van der Waals surface area contributed by atoms with Gasteiger partial charge in [0.1, 0.15) is 10.6 Å². The molecule has 31 heavy (non-hydrogen) atoms. The first-order valence-corrected chi connectivity index (χ1v) is 10.6. The van der Waals surface area contributed by atoms with Crippen molar-refractivity contribution in [3.63, 3.8) is 0 Å². The summed E-state index contributed by atoms with van der Waals surface area (Å²) in [6.07, 6.45) is 1.54. The van der Waals surface area contributed by atoms with Gasteiger partial charge in [0.2, 0.25) is 5.82 Å². The fourth-order valence-corrected chi connectivity index (χ4v) is 4.59. The number of fused-ring (bicyclic) bond motifs is 1. The van der Waals surface area contributed by atoms with Crippen LogP contribution in [-0.4, -0.2) is 24.8 Å². The van der Waals surface area contributed by atoms with E-state index in [-0.39, 0.29) is 5.56 Å². The van der Waals surface area contributed by atoms with E-state index >= 15 is 0 Å². The van der Waals surface area contributed by atoms with Crippen LogP contribution in [0.4, 0.5) is 0 Å². The fraction of sp³-hybridized carbons (Fsp3) is 0.190. The van der Waals surface area contributed by atoms with Gasteiger partial charge in [-0.05, 0) is 50.6 Å². The summed E-state index contributed by atoms with van der Waals surface area (Å²) in [5.41, 5.74) is 3.05. The lowest BCUT2D eigenvalue weighted by atomic mass is 10.2. The quantitative estimate of drug-likeness (QED) is 0.385. The molecule has 1 aromatic carbocycles. The van der Waals surface area contributed by atoms with E-state index < -0.39 is 0 Å². The maximum atomic E-state index is 13.2. The second kappa shape index (κ2) is 7.44. The van der Waals surface area contributed by atoms with Crippen molar-refractivity contribution in [2.45, 2.75) is 27.3 Å². The molecule has 0 atom stereocenters. The molecule has 0 aliphatic heterocycles. The zero-order chi connectivity index (χ0) is 21.7. The standard InChI is InChI=1S/C21H16ClN5O3S/c1-10-16-20(23-9-27(21(16)28)8-15-11(2)25-29-12(15)3)31-17(10)19-24-18(26-30-19)13-4-6-14(22)7-5-13/h4-7,9H,8H2,1-3H3. The summed E-state index contributed by atoms with van der Waals surface area (Å²) < 4.78 is 12.3. The average Bonchev–Trinajstić information content (AvgIpc) is 3.44. The molecule has 0 aliphatic rings. The largest absolute Gasteiger partial charge is 0.361 e. The number of rotatable bonds is 4. The highest BCUT2D eigenvalue weighted by Gasteiger charge is 2.21. The zero-order valence-corrected chi connectivity index (χ0v) is 18.4. The van der Waals surface area contributed by atoms with Crippen LogP contribution in [-0.2, 0) is 6.54 Å². The summed E-state index contributed by atoms with van der Waals surface area (Å²) in [5, 5.41) is 9.20. The highest BCUT2D eigenvalue weighted by atomic mass is 35.5. The molecule has 5 rings (SSSR count). The molecule has 0 saturated heterocycles. The number of aromatic nitrogens is 5. The molecule has 0 aliphatic carbocycles. The van der Waals surface area contributed by atoms with Crippen molar-refractivity contribution in [1.29, 1.82) is 0 Å². The molecular weight excluding hydrogens is 438 g/mol. The van der Waals surface area contributed by atoms with Gasteiger partial charge in [-0.25, -0.2) is 4.98 Å². The topological polar surface area (TPSA) is 99.8 Å². The summed E-state index contributed by atoms with van der Waals surface area (Å²) >= 11 is 7.30. The van der Waals surface area contributed by atoms with E-state index in [2.05, 4.69) is 20.3 Å². The minimum atomic E-state index is -0.137. The van der Waals surface area contributed by atoms with Gasteiger partial charge in [-0.3, -0.25) is 9.36 Å². The van der Waals surface area contributed by atoms with Crippen LogP contribution in [0, 0.1) is 20.8 Å². The maximum Gasteiger partial charge on any atom is 0.268 e. The van der Waals surface area contributed by atoms with Crippen LogP contribution in [0.15, 0.2) is 44.4 Å². The number of benzene rings is 1. The molecule has 156 valence electrons. The molecule has 0 fully saturated rings. The van der Waals surface area contributed by atoms with Crippen molar-refractivity contribution in [3.8, 4) is 22.2 Å². The van der Waals surface area contributed by atoms with Gasteiger partial charge in [-0.15, -0.1) is 11.3 Å².